The topological polar surface area (TPSA) is 40.5 Å². The first-order chi connectivity index (χ1) is 16.5. The summed E-state index contributed by atoms with van der Waals surface area (Å²) in [6, 6.07) is 16.3. The second-order valence-corrected chi connectivity index (χ2v) is 10.7. The van der Waals surface area contributed by atoms with Crippen molar-refractivity contribution >= 4 is 39.7 Å². The van der Waals surface area contributed by atoms with Crippen molar-refractivity contribution in [3.05, 3.63) is 76.3 Å². The fourth-order valence-electron chi connectivity index (χ4n) is 5.18. The van der Waals surface area contributed by atoms with Crippen LogP contribution in [-0.4, -0.2) is 17.2 Å². The van der Waals surface area contributed by atoms with Gasteiger partial charge in [-0.3, -0.25) is 0 Å². The Morgan fingerprint density at radius 1 is 0.735 bits per heavy atom. The van der Waals surface area contributed by atoms with E-state index in [1.807, 2.05) is 12.1 Å². The third kappa shape index (κ3) is 8.25. The zero-order chi connectivity index (χ0) is 24.3. The molecule has 2 unspecified atom stereocenters. The monoisotopic (exact) mass is 522 g/mol. The van der Waals surface area contributed by atoms with Gasteiger partial charge in [-0.15, -0.1) is 0 Å². The molecule has 0 saturated carbocycles. The van der Waals surface area contributed by atoms with E-state index in [1.165, 1.54) is 74.5 Å². The summed E-state index contributed by atoms with van der Waals surface area (Å²) in [6.07, 6.45) is 17.7. The zero-order valence-electron chi connectivity index (χ0n) is 20.8. The standard InChI is InChI=1S/C15H21BO2.C15H19Br/c1-2-3-12-4-6-13(7-5-12)14-8-10-15(11-9-14)16(17)18;1-2-3-12-4-6-13(7-5-12)14-8-10-15(16)11-9-14/h6,8-12,17-18H,2-5,7H2,1H3;6,8-12H,2-5,7H2,1H3. The molecule has 0 bridgehead atoms. The summed E-state index contributed by atoms with van der Waals surface area (Å²) >= 11 is 3.48. The molecule has 2 N–H and O–H groups in total. The number of hydrogen-bond acceptors (Lipinski definition) is 2. The highest BCUT2D eigenvalue weighted by Gasteiger charge is 2.16. The van der Waals surface area contributed by atoms with Crippen molar-refractivity contribution in [2.75, 3.05) is 0 Å². The SMILES string of the molecule is CCCC1CC=C(c2ccc(B(O)O)cc2)CC1.CCCC1CC=C(c2ccc(Br)cc2)CC1. The van der Waals surface area contributed by atoms with E-state index in [0.29, 0.717) is 5.46 Å². The Bertz CT molecular complexity index is 931. The molecule has 0 spiro atoms. The maximum atomic E-state index is 9.06. The Kier molecular flexibility index (Phi) is 11.2. The zero-order valence-corrected chi connectivity index (χ0v) is 22.4. The summed E-state index contributed by atoms with van der Waals surface area (Å²) in [4.78, 5) is 0. The van der Waals surface area contributed by atoms with Crippen molar-refractivity contribution in [1.29, 1.82) is 0 Å². The molecular weight excluding hydrogens is 483 g/mol. The van der Waals surface area contributed by atoms with Crippen LogP contribution in [0.1, 0.15) is 89.2 Å². The lowest BCUT2D eigenvalue weighted by molar-refractivity contribution is 0.426. The van der Waals surface area contributed by atoms with Gasteiger partial charge in [-0.25, -0.2) is 0 Å². The molecule has 2 atom stereocenters. The van der Waals surface area contributed by atoms with Crippen LogP contribution < -0.4 is 5.46 Å². The molecule has 0 amide bonds. The van der Waals surface area contributed by atoms with Crippen LogP contribution in [0.5, 0.6) is 0 Å². The first-order valence-corrected chi connectivity index (χ1v) is 13.9. The molecule has 2 aliphatic carbocycles. The smallest absolute Gasteiger partial charge is 0.423 e. The summed E-state index contributed by atoms with van der Waals surface area (Å²) in [5.41, 5.74) is 6.12. The highest BCUT2D eigenvalue weighted by Crippen LogP contribution is 2.33. The molecule has 0 aliphatic heterocycles. The van der Waals surface area contributed by atoms with E-state index in [1.54, 1.807) is 17.7 Å². The van der Waals surface area contributed by atoms with E-state index >= 15 is 0 Å². The molecule has 2 aromatic rings. The van der Waals surface area contributed by atoms with Gasteiger partial charge in [0.15, 0.2) is 0 Å². The van der Waals surface area contributed by atoms with Crippen LogP contribution in [0, 0.1) is 11.8 Å². The van der Waals surface area contributed by atoms with E-state index in [9.17, 15) is 0 Å². The molecule has 2 aliphatic rings. The summed E-state index contributed by atoms with van der Waals surface area (Å²) in [5, 5.41) is 18.1. The maximum Gasteiger partial charge on any atom is 0.488 e. The second kappa shape index (κ2) is 14.1. The van der Waals surface area contributed by atoms with E-state index in [-0.39, 0.29) is 0 Å². The summed E-state index contributed by atoms with van der Waals surface area (Å²) in [6.45, 7) is 4.53. The van der Waals surface area contributed by atoms with Gasteiger partial charge in [-0.1, -0.05) is 104 Å². The molecule has 4 rings (SSSR count). The van der Waals surface area contributed by atoms with Gasteiger partial charge >= 0.3 is 7.12 Å². The summed E-state index contributed by atoms with van der Waals surface area (Å²) in [7, 11) is -1.37. The van der Waals surface area contributed by atoms with Crippen LogP contribution in [0.15, 0.2) is 65.2 Å². The van der Waals surface area contributed by atoms with Crippen LogP contribution in [-0.2, 0) is 0 Å². The number of halogens is 1. The normalized spacial score (nSPS) is 20.0. The van der Waals surface area contributed by atoms with Gasteiger partial charge in [-0.05, 0) is 90.2 Å². The highest BCUT2D eigenvalue weighted by atomic mass is 79.9. The highest BCUT2D eigenvalue weighted by molar-refractivity contribution is 9.10. The Morgan fingerprint density at radius 2 is 1.18 bits per heavy atom. The Labute approximate surface area is 215 Å². The lowest BCUT2D eigenvalue weighted by Gasteiger charge is -2.21. The lowest BCUT2D eigenvalue weighted by atomic mass is 9.79. The van der Waals surface area contributed by atoms with Crippen LogP contribution >= 0.6 is 15.9 Å². The molecule has 0 heterocycles. The minimum atomic E-state index is -1.37. The fraction of sp³-hybridized carbons (Fsp3) is 0.467. The summed E-state index contributed by atoms with van der Waals surface area (Å²) < 4.78 is 1.16. The van der Waals surface area contributed by atoms with Gasteiger partial charge in [0.25, 0.3) is 0 Å². The molecule has 2 aromatic carbocycles. The largest absolute Gasteiger partial charge is 0.488 e. The third-order valence-electron chi connectivity index (χ3n) is 7.23. The average Bonchev–Trinajstić information content (AvgIpc) is 2.86. The van der Waals surface area contributed by atoms with E-state index in [2.05, 4.69) is 66.2 Å². The predicted molar refractivity (Wildman–Crippen MR) is 151 cm³/mol. The third-order valence-corrected chi connectivity index (χ3v) is 7.76. The van der Waals surface area contributed by atoms with Gasteiger partial charge in [0.1, 0.15) is 0 Å². The van der Waals surface area contributed by atoms with E-state index < -0.39 is 7.12 Å². The van der Waals surface area contributed by atoms with Crippen molar-refractivity contribution in [2.24, 2.45) is 11.8 Å². The van der Waals surface area contributed by atoms with E-state index in [4.69, 9.17) is 10.0 Å². The maximum absolute atomic E-state index is 9.06. The van der Waals surface area contributed by atoms with Gasteiger partial charge in [0.05, 0.1) is 0 Å². The minimum Gasteiger partial charge on any atom is -0.423 e. The molecule has 0 aromatic heterocycles. The summed E-state index contributed by atoms with van der Waals surface area (Å²) in [5.74, 6) is 1.79. The number of hydrogen-bond donors (Lipinski definition) is 2. The quantitative estimate of drug-likeness (QED) is 0.364. The van der Waals surface area contributed by atoms with Gasteiger partial charge in [-0.2, -0.15) is 0 Å². The van der Waals surface area contributed by atoms with Crippen molar-refractivity contribution in [3.63, 3.8) is 0 Å². The Balaban J connectivity index is 0.000000192. The van der Waals surface area contributed by atoms with Crippen molar-refractivity contribution < 1.29 is 10.0 Å². The molecule has 0 saturated heterocycles. The molecular formula is C30H40BBrO2. The number of allylic oxidation sites excluding steroid dienone is 4. The van der Waals surface area contributed by atoms with Crippen LogP contribution in [0.2, 0.25) is 0 Å². The van der Waals surface area contributed by atoms with Gasteiger partial charge < -0.3 is 10.0 Å². The molecule has 0 fully saturated rings. The first-order valence-electron chi connectivity index (χ1n) is 13.1. The van der Waals surface area contributed by atoms with Crippen molar-refractivity contribution in [1.82, 2.24) is 0 Å². The predicted octanol–water partition coefficient (Wildman–Crippen LogP) is 7.78. The van der Waals surface area contributed by atoms with Crippen LogP contribution in [0.25, 0.3) is 11.1 Å². The van der Waals surface area contributed by atoms with Crippen LogP contribution in [0.3, 0.4) is 0 Å². The number of benzene rings is 2. The Morgan fingerprint density at radius 3 is 1.53 bits per heavy atom. The first kappa shape index (κ1) is 27.0. The average molecular weight is 523 g/mol. The van der Waals surface area contributed by atoms with Crippen molar-refractivity contribution in [2.45, 2.75) is 78.1 Å². The molecule has 182 valence electrons. The second-order valence-electron chi connectivity index (χ2n) is 9.82. The molecule has 34 heavy (non-hydrogen) atoms. The van der Waals surface area contributed by atoms with Gasteiger partial charge in [0.2, 0.25) is 0 Å². The Hall–Kier alpha value is -1.62. The minimum absolute atomic E-state index is 0.555. The van der Waals surface area contributed by atoms with Gasteiger partial charge in [0, 0.05) is 4.47 Å². The molecule has 4 heteroatoms. The van der Waals surface area contributed by atoms with E-state index in [0.717, 1.165) is 22.7 Å². The molecule has 0 radical (unpaired) electrons. The molecule has 2 nitrogen and oxygen atoms in total. The van der Waals surface area contributed by atoms with Crippen molar-refractivity contribution in [3.8, 4) is 0 Å². The van der Waals surface area contributed by atoms with Crippen LogP contribution in [0.4, 0.5) is 0 Å². The fourth-order valence-corrected chi connectivity index (χ4v) is 5.44. The lowest BCUT2D eigenvalue weighted by Crippen LogP contribution is -2.29. The number of rotatable bonds is 7.